The zero-order valence-electron chi connectivity index (χ0n) is 8.27. The Hall–Kier alpha value is -1.84. The van der Waals surface area contributed by atoms with E-state index in [2.05, 4.69) is 4.74 Å². The van der Waals surface area contributed by atoms with E-state index in [1.165, 1.54) is 5.56 Å². The summed E-state index contributed by atoms with van der Waals surface area (Å²) in [5.41, 5.74) is 1.18. The van der Waals surface area contributed by atoms with Gasteiger partial charge in [-0.2, -0.15) is 0 Å². The van der Waals surface area contributed by atoms with E-state index in [1.807, 2.05) is 30.3 Å². The van der Waals surface area contributed by atoms with Crippen LogP contribution in [0.3, 0.4) is 0 Å². The predicted molar refractivity (Wildman–Crippen MR) is 56.2 cm³/mol. The van der Waals surface area contributed by atoms with Crippen molar-refractivity contribution >= 4 is 12.1 Å². The highest BCUT2D eigenvalue weighted by molar-refractivity contribution is 5.82. The predicted octanol–water partition coefficient (Wildman–Crippen LogP) is 2.68. The van der Waals surface area contributed by atoms with Crippen LogP contribution < -0.4 is 0 Å². The molecule has 0 aliphatic carbocycles. The van der Waals surface area contributed by atoms with Crippen LogP contribution in [0.15, 0.2) is 30.3 Å². The smallest absolute Gasteiger partial charge is 0.449 e. The molecule has 0 saturated heterocycles. The number of aryl methyl sites for hydroxylation is 1. The van der Waals surface area contributed by atoms with Gasteiger partial charge in [-0.15, -0.1) is 0 Å². The molecule has 0 fully saturated rings. The summed E-state index contributed by atoms with van der Waals surface area (Å²) in [5, 5.41) is 15.4. The highest BCUT2D eigenvalue weighted by atomic mass is 16.7. The topological polar surface area (TPSA) is 70.4 Å². The van der Waals surface area contributed by atoms with Crippen LogP contribution >= 0.6 is 0 Å². The van der Waals surface area contributed by atoms with Crippen molar-refractivity contribution in [2.24, 2.45) is 0 Å². The van der Waals surface area contributed by atoms with Crippen molar-refractivity contribution in [3.05, 3.63) is 35.9 Å². The molecule has 2 N–H and O–H groups in total. The molecule has 0 saturated carbocycles. The van der Waals surface area contributed by atoms with Crippen molar-refractivity contribution in [1.29, 1.82) is 5.41 Å². The van der Waals surface area contributed by atoms with Gasteiger partial charge in [-0.25, -0.2) is 4.79 Å². The fourth-order valence-corrected chi connectivity index (χ4v) is 1.25. The summed E-state index contributed by atoms with van der Waals surface area (Å²) in [7, 11) is 0. The van der Waals surface area contributed by atoms with Crippen molar-refractivity contribution in [1.82, 2.24) is 0 Å². The Morgan fingerprint density at radius 1 is 1.33 bits per heavy atom. The summed E-state index contributed by atoms with van der Waals surface area (Å²) in [5.74, 6) is -0.196. The van der Waals surface area contributed by atoms with E-state index in [4.69, 9.17) is 10.5 Å². The Balaban J connectivity index is 2.22. The molecule has 0 aliphatic heterocycles. The van der Waals surface area contributed by atoms with Crippen molar-refractivity contribution in [2.45, 2.75) is 19.3 Å². The van der Waals surface area contributed by atoms with Gasteiger partial charge in [-0.05, 0) is 18.4 Å². The van der Waals surface area contributed by atoms with Crippen LogP contribution in [0.2, 0.25) is 0 Å². The van der Waals surface area contributed by atoms with Gasteiger partial charge in [0.15, 0.2) is 5.90 Å². The molecule has 0 bridgehead atoms. The van der Waals surface area contributed by atoms with Gasteiger partial charge in [0.05, 0.1) is 0 Å². The molecular weight excluding hydrogens is 194 g/mol. The Labute approximate surface area is 88.0 Å². The summed E-state index contributed by atoms with van der Waals surface area (Å²) in [6.07, 6.45) is 0.475. The summed E-state index contributed by atoms with van der Waals surface area (Å²) in [4.78, 5) is 10.1. The lowest BCUT2D eigenvalue weighted by Crippen LogP contribution is -2.08. The number of carboxylic acid groups (broad SMARTS) is 1. The minimum atomic E-state index is -1.42. The third-order valence-corrected chi connectivity index (χ3v) is 1.92. The number of hydrogen-bond donors (Lipinski definition) is 2. The molecule has 0 atom stereocenters. The molecule has 0 radical (unpaired) electrons. The quantitative estimate of drug-likeness (QED) is 0.453. The Bertz CT molecular complexity index is 335. The van der Waals surface area contributed by atoms with Crippen LogP contribution in [0.1, 0.15) is 18.4 Å². The SMILES string of the molecule is N=C(CCCc1ccccc1)OC(=O)O. The number of ether oxygens (including phenoxy) is 1. The maximum absolute atomic E-state index is 10.1. The number of carbonyl (C=O) groups is 1. The normalized spacial score (nSPS) is 9.60. The standard InChI is InChI=1S/C11H13NO3/c12-10(15-11(13)14)8-4-7-9-5-2-1-3-6-9/h1-3,5-6,12H,4,7-8H2,(H,13,14). The molecule has 1 rings (SSSR count). The van der Waals surface area contributed by atoms with Crippen molar-refractivity contribution < 1.29 is 14.6 Å². The lowest BCUT2D eigenvalue weighted by molar-refractivity contribution is 0.139. The van der Waals surface area contributed by atoms with Crippen LogP contribution in [0.4, 0.5) is 4.79 Å². The number of hydrogen-bond acceptors (Lipinski definition) is 3. The third-order valence-electron chi connectivity index (χ3n) is 1.92. The fraction of sp³-hybridized carbons (Fsp3) is 0.273. The Morgan fingerprint density at radius 2 is 2.00 bits per heavy atom. The zero-order valence-corrected chi connectivity index (χ0v) is 8.27. The lowest BCUT2D eigenvalue weighted by Gasteiger charge is -2.02. The summed E-state index contributed by atoms with van der Waals surface area (Å²) in [6.45, 7) is 0. The summed E-state index contributed by atoms with van der Waals surface area (Å²) in [6, 6.07) is 9.85. The van der Waals surface area contributed by atoms with Gasteiger partial charge in [0.2, 0.25) is 0 Å². The fourth-order valence-electron chi connectivity index (χ4n) is 1.25. The Kier molecular flexibility index (Phi) is 4.34. The van der Waals surface area contributed by atoms with Gasteiger partial charge in [-0.3, -0.25) is 5.41 Å². The second-order valence-electron chi connectivity index (χ2n) is 3.13. The second-order valence-corrected chi connectivity index (χ2v) is 3.13. The monoisotopic (exact) mass is 207 g/mol. The summed E-state index contributed by atoms with van der Waals surface area (Å²) >= 11 is 0. The minimum absolute atomic E-state index is 0.196. The molecule has 0 aromatic heterocycles. The average molecular weight is 207 g/mol. The average Bonchev–Trinajstić information content (AvgIpc) is 2.18. The number of rotatable bonds is 4. The van der Waals surface area contributed by atoms with E-state index in [0.717, 1.165) is 12.8 Å². The summed E-state index contributed by atoms with van der Waals surface area (Å²) < 4.78 is 4.19. The van der Waals surface area contributed by atoms with E-state index < -0.39 is 6.16 Å². The highest BCUT2D eigenvalue weighted by Crippen LogP contribution is 2.05. The zero-order chi connectivity index (χ0) is 11.1. The van der Waals surface area contributed by atoms with E-state index >= 15 is 0 Å². The maximum Gasteiger partial charge on any atom is 0.512 e. The first-order valence-electron chi connectivity index (χ1n) is 4.70. The van der Waals surface area contributed by atoms with Gasteiger partial charge in [0.1, 0.15) is 0 Å². The van der Waals surface area contributed by atoms with E-state index in [0.29, 0.717) is 6.42 Å². The minimum Gasteiger partial charge on any atom is -0.449 e. The van der Waals surface area contributed by atoms with Gasteiger partial charge in [0, 0.05) is 6.42 Å². The molecule has 0 amide bonds. The lowest BCUT2D eigenvalue weighted by atomic mass is 10.1. The molecule has 15 heavy (non-hydrogen) atoms. The molecule has 0 unspecified atom stereocenters. The first-order chi connectivity index (χ1) is 7.18. The van der Waals surface area contributed by atoms with Crippen LogP contribution in [-0.4, -0.2) is 17.2 Å². The molecule has 4 heteroatoms. The van der Waals surface area contributed by atoms with Gasteiger partial charge in [0.25, 0.3) is 0 Å². The van der Waals surface area contributed by atoms with Gasteiger partial charge < -0.3 is 9.84 Å². The van der Waals surface area contributed by atoms with Crippen LogP contribution in [0.25, 0.3) is 0 Å². The molecule has 4 nitrogen and oxygen atoms in total. The molecule has 0 aliphatic rings. The molecule has 1 aromatic carbocycles. The Morgan fingerprint density at radius 3 is 2.60 bits per heavy atom. The van der Waals surface area contributed by atoms with E-state index in [1.54, 1.807) is 0 Å². The van der Waals surface area contributed by atoms with Crippen molar-refractivity contribution in [2.75, 3.05) is 0 Å². The largest absolute Gasteiger partial charge is 0.512 e. The third kappa shape index (κ3) is 4.81. The van der Waals surface area contributed by atoms with Crippen LogP contribution in [0, 0.1) is 5.41 Å². The molecular formula is C11H13NO3. The van der Waals surface area contributed by atoms with Crippen LogP contribution in [0.5, 0.6) is 0 Å². The number of benzene rings is 1. The molecule has 80 valence electrons. The molecule has 0 spiro atoms. The van der Waals surface area contributed by atoms with Gasteiger partial charge in [-0.1, -0.05) is 30.3 Å². The van der Waals surface area contributed by atoms with E-state index in [-0.39, 0.29) is 5.90 Å². The first kappa shape index (κ1) is 11.2. The van der Waals surface area contributed by atoms with Crippen molar-refractivity contribution in [3.63, 3.8) is 0 Å². The van der Waals surface area contributed by atoms with Crippen LogP contribution in [-0.2, 0) is 11.2 Å². The highest BCUT2D eigenvalue weighted by Gasteiger charge is 2.03. The van der Waals surface area contributed by atoms with Gasteiger partial charge >= 0.3 is 6.16 Å². The second kappa shape index (κ2) is 5.80. The number of nitrogens with one attached hydrogen (secondary N) is 1. The first-order valence-corrected chi connectivity index (χ1v) is 4.70. The van der Waals surface area contributed by atoms with Crippen molar-refractivity contribution in [3.8, 4) is 0 Å². The maximum atomic E-state index is 10.1. The molecule has 1 aromatic rings. The molecule has 0 heterocycles. The van der Waals surface area contributed by atoms with E-state index in [9.17, 15) is 4.79 Å².